The fraction of sp³-hybridized carbons (Fsp3) is 1.00. The van der Waals surface area contributed by atoms with Crippen LogP contribution in [0.5, 0.6) is 0 Å². The third kappa shape index (κ3) is 1.41. The summed E-state index contributed by atoms with van der Waals surface area (Å²) in [5, 5.41) is 17.5. The van der Waals surface area contributed by atoms with E-state index >= 15 is 0 Å². The van der Waals surface area contributed by atoms with Crippen molar-refractivity contribution in [2.75, 3.05) is 6.61 Å². The Morgan fingerprint density at radius 2 is 2.33 bits per heavy atom. The van der Waals surface area contributed by atoms with Crippen LogP contribution >= 0.6 is 0 Å². The van der Waals surface area contributed by atoms with E-state index in [1.807, 2.05) is 6.92 Å². The van der Waals surface area contributed by atoms with Gasteiger partial charge in [-0.25, -0.2) is 0 Å². The molecule has 1 aliphatic heterocycles. The first-order valence-corrected chi connectivity index (χ1v) is 3.18. The van der Waals surface area contributed by atoms with Gasteiger partial charge in [-0.3, -0.25) is 0 Å². The predicted molar refractivity (Wildman–Crippen MR) is 31.7 cm³/mol. The zero-order chi connectivity index (χ0) is 6.85. The highest BCUT2D eigenvalue weighted by atomic mass is 16.6. The van der Waals surface area contributed by atoms with Crippen LogP contribution in [0.4, 0.5) is 0 Å². The molecule has 0 amide bonds. The normalized spacial score (nSPS) is 43.7. The van der Waals surface area contributed by atoms with Gasteiger partial charge in [-0.15, -0.1) is 0 Å². The van der Waals surface area contributed by atoms with Crippen LogP contribution < -0.4 is 0 Å². The molecule has 0 aromatic carbocycles. The van der Waals surface area contributed by atoms with E-state index in [1.54, 1.807) is 0 Å². The van der Waals surface area contributed by atoms with E-state index in [9.17, 15) is 0 Å². The molecule has 3 nitrogen and oxygen atoms in total. The summed E-state index contributed by atoms with van der Waals surface area (Å²) < 4.78 is 4.93. The molecule has 0 aromatic rings. The Labute approximate surface area is 54.3 Å². The van der Waals surface area contributed by atoms with E-state index in [0.29, 0.717) is 0 Å². The molecule has 0 radical (unpaired) electrons. The summed E-state index contributed by atoms with van der Waals surface area (Å²) >= 11 is 0. The van der Waals surface area contributed by atoms with Gasteiger partial charge in [0.25, 0.3) is 0 Å². The second kappa shape index (κ2) is 2.64. The lowest BCUT2D eigenvalue weighted by Crippen LogP contribution is -2.14. The Morgan fingerprint density at radius 1 is 1.67 bits per heavy atom. The zero-order valence-electron chi connectivity index (χ0n) is 5.45. The lowest BCUT2D eigenvalue weighted by molar-refractivity contribution is -0.114. The predicted octanol–water partition coefficient (Wildman–Crippen LogP) is -0.278. The highest BCUT2D eigenvalue weighted by molar-refractivity contribution is 4.71. The van der Waals surface area contributed by atoms with Crippen molar-refractivity contribution in [3.8, 4) is 0 Å². The van der Waals surface area contributed by atoms with Crippen molar-refractivity contribution in [1.29, 1.82) is 0 Å². The van der Waals surface area contributed by atoms with Crippen molar-refractivity contribution < 1.29 is 14.9 Å². The molecule has 3 heteroatoms. The SMILES string of the molecule is C[C@H]1C[C@@H](CO)OC1O. The summed E-state index contributed by atoms with van der Waals surface area (Å²) in [4.78, 5) is 0. The smallest absolute Gasteiger partial charge is 0.157 e. The van der Waals surface area contributed by atoms with Gasteiger partial charge in [-0.2, -0.15) is 0 Å². The van der Waals surface area contributed by atoms with Crippen LogP contribution in [0.15, 0.2) is 0 Å². The van der Waals surface area contributed by atoms with Gasteiger partial charge >= 0.3 is 0 Å². The van der Waals surface area contributed by atoms with Crippen molar-refractivity contribution in [3.05, 3.63) is 0 Å². The lowest BCUT2D eigenvalue weighted by atomic mass is 10.1. The molecule has 0 bridgehead atoms. The van der Waals surface area contributed by atoms with Crippen molar-refractivity contribution >= 4 is 0 Å². The number of hydrogen-bond donors (Lipinski definition) is 2. The van der Waals surface area contributed by atoms with Gasteiger partial charge in [0.15, 0.2) is 6.29 Å². The summed E-state index contributed by atoms with van der Waals surface area (Å²) in [6.45, 7) is 1.92. The van der Waals surface area contributed by atoms with Crippen molar-refractivity contribution in [2.45, 2.75) is 25.7 Å². The average molecular weight is 132 g/mol. The maximum absolute atomic E-state index is 8.97. The second-order valence-corrected chi connectivity index (χ2v) is 2.54. The first-order chi connectivity index (χ1) is 4.24. The van der Waals surface area contributed by atoms with Gasteiger partial charge in [0.05, 0.1) is 12.7 Å². The molecule has 0 aliphatic carbocycles. The minimum absolute atomic E-state index is 0.0153. The van der Waals surface area contributed by atoms with Gasteiger partial charge in [-0.05, 0) is 6.42 Å². The van der Waals surface area contributed by atoms with E-state index in [-0.39, 0.29) is 18.6 Å². The van der Waals surface area contributed by atoms with Crippen LogP contribution in [0, 0.1) is 5.92 Å². The highest BCUT2D eigenvalue weighted by Crippen LogP contribution is 2.23. The molecule has 0 spiro atoms. The monoisotopic (exact) mass is 132 g/mol. The van der Waals surface area contributed by atoms with E-state index in [4.69, 9.17) is 14.9 Å². The Kier molecular flexibility index (Phi) is 2.05. The van der Waals surface area contributed by atoms with Crippen LogP contribution in [0.2, 0.25) is 0 Å². The van der Waals surface area contributed by atoms with Crippen molar-refractivity contribution in [2.24, 2.45) is 5.92 Å². The summed E-state index contributed by atoms with van der Waals surface area (Å²) in [7, 11) is 0. The Bertz CT molecular complexity index is 84.3. The third-order valence-corrected chi connectivity index (χ3v) is 1.66. The van der Waals surface area contributed by atoms with Crippen LogP contribution in [0.25, 0.3) is 0 Å². The molecule has 1 unspecified atom stereocenters. The first-order valence-electron chi connectivity index (χ1n) is 3.18. The Morgan fingerprint density at radius 3 is 2.56 bits per heavy atom. The minimum atomic E-state index is -0.665. The average Bonchev–Trinajstić information content (AvgIpc) is 2.13. The first kappa shape index (κ1) is 6.99. The Balaban J connectivity index is 2.35. The molecule has 1 aliphatic rings. The number of rotatable bonds is 1. The van der Waals surface area contributed by atoms with Crippen LogP contribution in [0.3, 0.4) is 0 Å². The van der Waals surface area contributed by atoms with Gasteiger partial charge in [0, 0.05) is 5.92 Å². The number of aliphatic hydroxyl groups excluding tert-OH is 2. The molecule has 0 aromatic heterocycles. The summed E-state index contributed by atoms with van der Waals surface area (Å²) in [6, 6.07) is 0. The van der Waals surface area contributed by atoms with Crippen LogP contribution in [-0.2, 0) is 4.74 Å². The second-order valence-electron chi connectivity index (χ2n) is 2.54. The molecule has 0 saturated carbocycles. The fourth-order valence-corrected chi connectivity index (χ4v) is 1.04. The topological polar surface area (TPSA) is 49.7 Å². The summed E-state index contributed by atoms with van der Waals surface area (Å²) in [6.07, 6.45) is -0.0466. The zero-order valence-corrected chi connectivity index (χ0v) is 5.45. The van der Waals surface area contributed by atoms with Crippen LogP contribution in [0.1, 0.15) is 13.3 Å². The fourth-order valence-electron chi connectivity index (χ4n) is 1.04. The maximum atomic E-state index is 8.97. The van der Waals surface area contributed by atoms with Crippen molar-refractivity contribution in [1.82, 2.24) is 0 Å². The summed E-state index contributed by atoms with van der Waals surface area (Å²) in [5.41, 5.74) is 0. The molecular weight excluding hydrogens is 120 g/mol. The van der Waals surface area contributed by atoms with Gasteiger partial charge in [0.2, 0.25) is 0 Å². The standard InChI is InChI=1S/C6H12O3/c1-4-2-5(3-7)9-6(4)8/h4-8H,2-3H2,1H3/t4-,5-,6?/m0/s1. The van der Waals surface area contributed by atoms with E-state index < -0.39 is 6.29 Å². The van der Waals surface area contributed by atoms with E-state index in [0.717, 1.165) is 6.42 Å². The Hall–Kier alpha value is -0.120. The third-order valence-electron chi connectivity index (χ3n) is 1.66. The molecule has 2 N–H and O–H groups in total. The molecule has 1 heterocycles. The van der Waals surface area contributed by atoms with E-state index in [1.165, 1.54) is 0 Å². The molecular formula is C6H12O3. The summed E-state index contributed by atoms with van der Waals surface area (Å²) in [5.74, 6) is 0.169. The van der Waals surface area contributed by atoms with Gasteiger partial charge in [0.1, 0.15) is 0 Å². The van der Waals surface area contributed by atoms with Gasteiger partial charge < -0.3 is 14.9 Å². The molecule has 54 valence electrons. The van der Waals surface area contributed by atoms with E-state index in [2.05, 4.69) is 0 Å². The molecule has 1 fully saturated rings. The number of hydrogen-bond acceptors (Lipinski definition) is 3. The van der Waals surface area contributed by atoms with Gasteiger partial charge in [-0.1, -0.05) is 6.92 Å². The van der Waals surface area contributed by atoms with Crippen molar-refractivity contribution in [3.63, 3.8) is 0 Å². The highest BCUT2D eigenvalue weighted by Gasteiger charge is 2.29. The van der Waals surface area contributed by atoms with Crippen LogP contribution in [-0.4, -0.2) is 29.2 Å². The minimum Gasteiger partial charge on any atom is -0.394 e. The largest absolute Gasteiger partial charge is 0.394 e. The number of aliphatic hydroxyl groups is 2. The molecule has 1 rings (SSSR count). The molecule has 9 heavy (non-hydrogen) atoms. The molecule has 3 atom stereocenters. The number of ether oxygens (including phenoxy) is 1. The maximum Gasteiger partial charge on any atom is 0.157 e. The quantitative estimate of drug-likeness (QED) is 0.516. The molecule has 1 saturated heterocycles. The lowest BCUT2D eigenvalue weighted by Gasteiger charge is -2.05.